The van der Waals surface area contributed by atoms with E-state index in [0.717, 1.165) is 0 Å². The fraction of sp³-hybridized carbons (Fsp3) is 0.250. The van der Waals surface area contributed by atoms with Gasteiger partial charge in [0, 0.05) is 47.9 Å². The number of imidazole rings is 1. The van der Waals surface area contributed by atoms with Crippen LogP contribution in [0.4, 0.5) is 8.78 Å². The maximum Gasteiger partial charge on any atom is 0.387 e. The molecule has 2 heterocycles. The minimum atomic E-state index is -2.97. The van der Waals surface area contributed by atoms with Crippen molar-refractivity contribution in [3.05, 3.63) is 36.2 Å². The average Bonchev–Trinajstić information content (AvgIpc) is 3.03. The van der Waals surface area contributed by atoms with Crippen molar-refractivity contribution in [1.82, 2.24) is 15.0 Å². The Labute approximate surface area is 198 Å². The van der Waals surface area contributed by atoms with Crippen LogP contribution < -0.4 is 14.2 Å². The van der Waals surface area contributed by atoms with Crippen LogP contribution in [-0.2, 0) is 16.6 Å². The van der Waals surface area contributed by atoms with Crippen LogP contribution >= 0.6 is 0 Å². The third-order valence-corrected chi connectivity index (χ3v) is 4.56. The number of benzene rings is 1. The van der Waals surface area contributed by atoms with E-state index in [2.05, 4.69) is 19.7 Å². The topological polar surface area (TPSA) is 181 Å². The summed E-state index contributed by atoms with van der Waals surface area (Å²) in [5, 5.41) is 0.0835. The monoisotopic (exact) mass is 463 g/mol. The maximum absolute atomic E-state index is 12.7. The van der Waals surface area contributed by atoms with E-state index in [0.29, 0.717) is 11.0 Å². The quantitative estimate of drug-likeness (QED) is 0.482. The number of aromatic nitrogens is 3. The third kappa shape index (κ3) is 6.84. The second kappa shape index (κ2) is 13.4. The Kier molecular flexibility index (Phi) is 10.9. The van der Waals surface area contributed by atoms with E-state index in [1.54, 1.807) is 0 Å². The summed E-state index contributed by atoms with van der Waals surface area (Å²) in [6, 6.07) is 5.41. The molecule has 0 unspecified atom stereocenters. The Morgan fingerprint density at radius 2 is 1.97 bits per heavy atom. The van der Waals surface area contributed by atoms with Gasteiger partial charge in [0.15, 0.2) is 16.7 Å². The van der Waals surface area contributed by atoms with E-state index in [1.807, 2.05) is 0 Å². The fourth-order valence-corrected chi connectivity index (χ4v) is 3.33. The predicted octanol–water partition coefficient (Wildman–Crippen LogP) is 0.0294. The van der Waals surface area contributed by atoms with E-state index >= 15 is 0 Å². The molecule has 2 aromatic heterocycles. The number of fused-ring (bicyclic) bond motifs is 1. The van der Waals surface area contributed by atoms with E-state index < -0.39 is 24.4 Å². The average molecular weight is 463 g/mol. The van der Waals surface area contributed by atoms with Crippen LogP contribution in [0, 0.1) is 0 Å². The number of alkyl halides is 2. The Morgan fingerprint density at radius 3 is 2.60 bits per heavy atom. The Morgan fingerprint density at radius 1 is 1.23 bits per heavy atom. The molecule has 3 aromatic rings. The summed E-state index contributed by atoms with van der Waals surface area (Å²) in [5.41, 5.74) is 0.982. The molecule has 10 nitrogen and oxygen atoms in total. The molecular weight excluding hydrogens is 439 g/mol. The van der Waals surface area contributed by atoms with Gasteiger partial charge in [0.2, 0.25) is 0 Å². The van der Waals surface area contributed by atoms with Gasteiger partial charge in [-0.2, -0.15) is 8.78 Å². The number of H-pyrrole nitrogens is 1. The second-order valence-corrected chi connectivity index (χ2v) is 6.35. The number of nitrogens with zero attached hydrogens (tertiary/aromatic N) is 2. The Hall–Kier alpha value is -1.87. The Bertz CT molecular complexity index is 1060. The van der Waals surface area contributed by atoms with E-state index in [-0.39, 0.29) is 79.8 Å². The van der Waals surface area contributed by atoms with Crippen molar-refractivity contribution < 1.29 is 47.7 Å². The molecule has 7 N–H and O–H groups in total. The summed E-state index contributed by atoms with van der Waals surface area (Å²) in [6.07, 6.45) is 1.31. The van der Waals surface area contributed by atoms with Gasteiger partial charge in [-0.3, -0.25) is 9.19 Å². The maximum atomic E-state index is 12.7. The second-order valence-electron chi connectivity index (χ2n) is 4.98. The van der Waals surface area contributed by atoms with Crippen LogP contribution in [-0.4, -0.2) is 85.9 Å². The first-order valence-electron chi connectivity index (χ1n) is 8.70. The molecule has 1 radical (unpaired) electrons. The smallest absolute Gasteiger partial charge is 0.387 e. The largest absolute Gasteiger partial charge is 0.493 e. The summed E-state index contributed by atoms with van der Waals surface area (Å²) in [6.45, 7) is -2.97. The molecule has 0 fully saturated rings. The van der Waals surface area contributed by atoms with Crippen LogP contribution in [0.1, 0.15) is 9.81 Å². The molecule has 0 spiro atoms. The molecule has 0 saturated carbocycles. The van der Waals surface area contributed by atoms with Crippen molar-refractivity contribution >= 4 is 51.4 Å². The molecule has 0 aliphatic rings. The molecule has 3 rings (SSSR count). The van der Waals surface area contributed by atoms with Gasteiger partial charge >= 0.3 is 6.61 Å². The summed E-state index contributed by atoms with van der Waals surface area (Å²) < 4.78 is 73.4. The number of aromatic amines is 1. The molecule has 0 saturated heterocycles. The van der Waals surface area contributed by atoms with Gasteiger partial charge in [-0.15, -0.1) is 0 Å². The number of hydrogen-bond donors (Lipinski definition) is 1. The van der Waals surface area contributed by atoms with Crippen LogP contribution in [0.25, 0.3) is 11.0 Å². The van der Waals surface area contributed by atoms with Crippen LogP contribution in [0.15, 0.2) is 35.6 Å². The molecule has 30 heavy (non-hydrogen) atoms. The van der Waals surface area contributed by atoms with Crippen molar-refractivity contribution in [2.24, 2.45) is 0 Å². The molecule has 1 atom stereocenters. The first kappa shape index (κ1) is 24.4. The number of ether oxygens (including phenoxy) is 3. The molecule has 0 aliphatic carbocycles. The van der Waals surface area contributed by atoms with Gasteiger partial charge in [0.25, 0.3) is 0 Å². The molecule has 163 valence electrons. The molecule has 0 aliphatic heterocycles. The zero-order valence-corrected chi connectivity index (χ0v) is 18.7. The Balaban J connectivity index is 0. The van der Waals surface area contributed by atoms with E-state index in [1.165, 1.54) is 37.6 Å². The minimum absolute atomic E-state index is 0. The number of nitrogens with one attached hydrogen (secondary N) is 1. The van der Waals surface area contributed by atoms with Gasteiger partial charge < -0.3 is 35.6 Å². The normalized spacial score (nSPS) is 12.6. The van der Waals surface area contributed by atoms with Crippen LogP contribution in [0.3, 0.4) is 0 Å². The summed E-state index contributed by atoms with van der Waals surface area (Å²) >= 11 is 0. The van der Waals surface area contributed by atoms with Crippen LogP contribution in [0.2, 0.25) is 0 Å². The molecular formula is C16H21F2N3NaO7S. The molecule has 14 heteroatoms. The number of hydrogen-bond acceptors (Lipinski definition) is 6. The van der Waals surface area contributed by atoms with Gasteiger partial charge in [-0.05, 0) is 12.1 Å². The van der Waals surface area contributed by atoms with Crippen molar-refractivity contribution in [3.8, 4) is 17.2 Å². The zero-order valence-electron chi connectivity index (χ0n) is 18.9. The first-order chi connectivity index (χ1) is 13.7. The number of pyridine rings is 1. The fourth-order valence-electron chi connectivity index (χ4n) is 2.31. The standard InChI is InChI=1S/C16H15F2N3O4S.Na.3H2O/c1-23-13-5-6-19-12(14(13)24-2)8-26(22)16-20-10-4-3-9(25-15(17)18)7-11(10)21-16;;;;/h3-7,15H,8H2,1-2H3,(H,20,21);;3*1H2/t26-;;;;/m1..../s1/i1D3;;;;. The number of rotatable bonds is 7. The van der Waals surface area contributed by atoms with Crippen molar-refractivity contribution in [3.63, 3.8) is 0 Å². The summed E-state index contributed by atoms with van der Waals surface area (Å²) in [5.74, 6) is -0.235. The van der Waals surface area contributed by atoms with Crippen molar-refractivity contribution in [1.29, 1.82) is 0 Å². The predicted molar refractivity (Wildman–Crippen MR) is 107 cm³/mol. The summed E-state index contributed by atoms with van der Waals surface area (Å²) in [7, 11) is -3.11. The molecule has 1 aromatic carbocycles. The SMILES string of the molecule is O.O.O.[2H]C([2H])([2H])Oc1ccnc(C[S@@](=O)c2nc3ccc(OC(F)F)cc3[nH]2)c1OC.[Na]. The minimum Gasteiger partial charge on any atom is -0.493 e. The third-order valence-electron chi connectivity index (χ3n) is 3.40. The number of methoxy groups -OCH3 is 2. The van der Waals surface area contributed by atoms with Gasteiger partial charge in [-0.25, -0.2) is 4.98 Å². The van der Waals surface area contributed by atoms with Crippen LogP contribution in [0.5, 0.6) is 17.2 Å². The van der Waals surface area contributed by atoms with Crippen molar-refractivity contribution in [2.75, 3.05) is 14.1 Å². The first-order valence-corrected chi connectivity index (χ1v) is 8.52. The van der Waals surface area contributed by atoms with E-state index in [9.17, 15) is 13.0 Å². The zero-order chi connectivity index (χ0) is 21.2. The van der Waals surface area contributed by atoms with Crippen molar-refractivity contribution in [2.45, 2.75) is 17.5 Å². The molecule has 0 bridgehead atoms. The van der Waals surface area contributed by atoms with Gasteiger partial charge in [0.05, 0.1) is 51.5 Å². The number of halogens is 2. The van der Waals surface area contributed by atoms with Gasteiger partial charge in [0.1, 0.15) is 5.75 Å². The molecule has 0 amide bonds. The summed E-state index contributed by atoms with van der Waals surface area (Å²) in [4.78, 5) is 11.1. The van der Waals surface area contributed by atoms with Gasteiger partial charge in [-0.1, -0.05) is 0 Å². The van der Waals surface area contributed by atoms with E-state index in [4.69, 9.17) is 13.6 Å².